The monoisotopic (exact) mass is 1410 g/mol. The number of aromatic nitrogens is 2. The van der Waals surface area contributed by atoms with Crippen LogP contribution in [0.5, 0.6) is 5.75 Å². The molecule has 40 nitrogen and oxygen atoms in total. The van der Waals surface area contributed by atoms with Crippen LogP contribution in [0, 0.1) is 10.1 Å². The molecule has 2 aliphatic carbocycles. The number of nitro benzene ring substituents is 1. The third-order valence-corrected chi connectivity index (χ3v) is 18.3. The fourth-order valence-corrected chi connectivity index (χ4v) is 12.9. The molecule has 0 unspecified atom stereocenters. The number of rotatable bonds is 17. The highest BCUT2D eigenvalue weighted by atomic mass is 35.5. The van der Waals surface area contributed by atoms with Crippen LogP contribution in [0.25, 0.3) is 16.5 Å². The number of carboxylic acid groups (broad SMARTS) is 1. The number of nitro groups is 1. The minimum Gasteiger partial charge on any atom is -0.505 e. The van der Waals surface area contributed by atoms with Gasteiger partial charge in [-0.1, -0.05) is 11.6 Å². The number of azo groups is 4. The third kappa shape index (κ3) is 13.3. The molecular weight excluding hydrogens is 1380 g/mol. The maximum Gasteiger partial charge on any atom is 0.356 e. The average Bonchev–Trinajstić information content (AvgIpc) is 0.916. The van der Waals surface area contributed by atoms with Crippen LogP contribution in [0.4, 0.5) is 39.8 Å². The molecular formula is C42H27ClN12O28S7. The first-order valence-electron chi connectivity index (χ1n) is 22.5. The zero-order valence-corrected chi connectivity index (χ0v) is 49.2. The number of hydrogen-bond acceptors (Lipinski definition) is 28. The lowest BCUT2D eigenvalue weighted by molar-refractivity contribution is -0.385. The van der Waals surface area contributed by atoms with Gasteiger partial charge in [0.2, 0.25) is 15.9 Å². The number of carbonyl (C=O) groups excluding carboxylic acids is 1. The maximum absolute atomic E-state index is 14.1. The van der Waals surface area contributed by atoms with Crippen molar-refractivity contribution in [3.8, 4) is 11.4 Å². The van der Waals surface area contributed by atoms with Gasteiger partial charge in [0, 0.05) is 28.5 Å². The van der Waals surface area contributed by atoms with Crippen LogP contribution in [0.3, 0.4) is 0 Å². The Labute approximate surface area is 504 Å². The van der Waals surface area contributed by atoms with E-state index >= 15 is 0 Å². The molecule has 0 spiro atoms. The third-order valence-electron chi connectivity index (χ3n) is 11.8. The normalized spacial score (nSPS) is 15.0. The first-order valence-corrected chi connectivity index (χ1v) is 33.0. The predicted molar refractivity (Wildman–Crippen MR) is 299 cm³/mol. The summed E-state index contributed by atoms with van der Waals surface area (Å²) >= 11 is 6.27. The van der Waals surface area contributed by atoms with Crippen LogP contribution >= 0.6 is 11.6 Å². The van der Waals surface area contributed by atoms with Crippen LogP contribution in [-0.2, 0) is 75.6 Å². The number of carboxylic acids is 1. The lowest BCUT2D eigenvalue weighted by atomic mass is 9.86. The summed E-state index contributed by atoms with van der Waals surface area (Å²) in [6.07, 6.45) is 0.562. The van der Waals surface area contributed by atoms with Crippen LogP contribution < -0.4 is 11.3 Å². The number of aromatic carboxylic acids is 1. The summed E-state index contributed by atoms with van der Waals surface area (Å²) < 4.78 is 244. The molecule has 2 aliphatic rings. The number of nitrogens with zero attached hydrogens (tertiary/aromatic N) is 10. The van der Waals surface area contributed by atoms with E-state index in [1.165, 1.54) is 0 Å². The number of benzene rings is 5. The molecule has 5 aromatic carbocycles. The van der Waals surface area contributed by atoms with Gasteiger partial charge >= 0.3 is 5.97 Å². The van der Waals surface area contributed by atoms with E-state index in [1.54, 1.807) is 0 Å². The van der Waals surface area contributed by atoms with Gasteiger partial charge in [0.15, 0.2) is 22.8 Å². The number of non-ortho nitro benzene ring substituents is 1. The van der Waals surface area contributed by atoms with Gasteiger partial charge in [0.05, 0.1) is 42.4 Å². The fraction of sp³-hybridized carbons (Fsp3) is 0. The molecule has 48 heteroatoms. The molecule has 0 aliphatic heterocycles. The minimum absolute atomic E-state index is 0.223. The van der Waals surface area contributed by atoms with Gasteiger partial charge in [-0.15, -0.1) is 35.8 Å². The Bertz CT molecular complexity index is 5500. The first kappa shape index (κ1) is 66.5. The number of H-pyrrole nitrogens is 1. The Morgan fingerprint density at radius 2 is 1.17 bits per heavy atom. The van der Waals surface area contributed by atoms with E-state index in [0.29, 0.717) is 47.2 Å². The van der Waals surface area contributed by atoms with Gasteiger partial charge in [0.1, 0.15) is 52.9 Å². The van der Waals surface area contributed by atoms with Crippen molar-refractivity contribution < 1.29 is 116 Å². The zero-order chi connectivity index (χ0) is 67.1. The van der Waals surface area contributed by atoms with Crippen molar-refractivity contribution in [2.75, 3.05) is 0 Å². The summed E-state index contributed by atoms with van der Waals surface area (Å²) in [6.45, 7) is 0. The van der Waals surface area contributed by atoms with Crippen molar-refractivity contribution in [3.05, 3.63) is 149 Å². The highest BCUT2D eigenvalue weighted by Gasteiger charge is 2.40. The summed E-state index contributed by atoms with van der Waals surface area (Å²) in [6, 6.07) is 7.59. The molecule has 0 saturated heterocycles. The van der Waals surface area contributed by atoms with E-state index in [9.17, 15) is 126 Å². The molecule has 1 aromatic heterocycles. The number of Topliss-reactive ketones (excluding diaryl/α,β-unsaturated/α-hetero) is 1. The van der Waals surface area contributed by atoms with E-state index < -0.39 is 223 Å². The molecule has 90 heavy (non-hydrogen) atoms. The molecule has 1 heterocycles. The number of allylic oxidation sites excluding steroid dienone is 4. The number of aromatic amines is 1. The molecule has 0 fully saturated rings. The molecule has 472 valence electrons. The summed E-state index contributed by atoms with van der Waals surface area (Å²) in [5, 5.41) is 59.9. The van der Waals surface area contributed by atoms with Crippen LogP contribution in [0.2, 0.25) is 5.02 Å². The smallest absolute Gasteiger partial charge is 0.356 e. The van der Waals surface area contributed by atoms with Gasteiger partial charge in [-0.2, -0.15) is 55.6 Å². The Morgan fingerprint density at radius 1 is 0.600 bits per heavy atom. The molecule has 8 rings (SSSR count). The number of nitrogens with one attached hydrogen (secondary N) is 1. The zero-order valence-electron chi connectivity index (χ0n) is 42.7. The Kier molecular flexibility index (Phi) is 17.1. The molecule has 0 atom stereocenters. The van der Waals surface area contributed by atoms with Gasteiger partial charge in [-0.3, -0.25) is 61.2 Å². The lowest BCUT2D eigenvalue weighted by Crippen LogP contribution is -2.30. The van der Waals surface area contributed by atoms with Crippen molar-refractivity contribution >= 4 is 150 Å². The van der Waals surface area contributed by atoms with E-state index in [1.807, 2.05) is 0 Å². The second-order valence-corrected chi connectivity index (χ2v) is 27.6. The number of phenolic OH excluding ortho intramolecular Hbond substituents is 1. The molecule has 0 saturated carbocycles. The van der Waals surface area contributed by atoms with E-state index in [0.717, 1.165) is 24.3 Å². The summed E-state index contributed by atoms with van der Waals surface area (Å²) in [5.41, 5.74) is -9.49. The standard InChI is InChI=1S/C42H27ClN12O28S7/c43-22-9-15(10-28(87(72,73)74)33(22)49-52-36-37(42(59)60)53-54(41(36)58)16-1-4-18(5-2-16)84(63,64)65)45-50-34-29(88(75,76)77)12-20-19(38(34)56)6-8-24(40(20)90(81,82)83)47-48-25-14-26(85(66,67)68)21-13-30(89(78,79)80)35(39(57)31(21)32(25)44)51-46-23-7-3-17(55(61)62)11-27(23)86(69,70)71/h1-14,53,56H,44H2,(H,59,60)(H,63,64,65)(H2,66,67,68)(H,69,70,71)(H,72,73,74)(H,75,76,77)(H,78,79,80)(H,81,82,83). The van der Waals surface area contributed by atoms with Crippen LogP contribution in [0.1, 0.15) is 10.5 Å². The quantitative estimate of drug-likeness (QED) is 0.0180. The van der Waals surface area contributed by atoms with E-state index in [-0.39, 0.29) is 23.9 Å². The summed E-state index contributed by atoms with van der Waals surface area (Å²) in [4.78, 5) is 40.4. The van der Waals surface area contributed by atoms with Crippen LogP contribution in [-0.4, -0.2) is 133 Å². The molecule has 13 N–H and O–H groups in total. The van der Waals surface area contributed by atoms with Gasteiger partial charge in [-0.05, 0) is 72.8 Å². The van der Waals surface area contributed by atoms with Gasteiger partial charge in [0.25, 0.3) is 72.0 Å². The second kappa shape index (κ2) is 23.2. The number of ketones is 1. The Morgan fingerprint density at radius 3 is 1.71 bits per heavy atom. The molecule has 6 aromatic rings. The Hall–Kier alpha value is -9.44. The van der Waals surface area contributed by atoms with Crippen molar-refractivity contribution in [2.45, 2.75) is 24.5 Å². The number of phenols is 1. The van der Waals surface area contributed by atoms with E-state index in [4.69, 9.17) is 17.3 Å². The molecule has 0 radical (unpaired) electrons. The summed E-state index contributed by atoms with van der Waals surface area (Å²) in [5.74, 6) is -5.12. The fourth-order valence-electron chi connectivity index (χ4n) is 7.97. The largest absolute Gasteiger partial charge is 0.505 e. The second-order valence-electron chi connectivity index (χ2n) is 17.5. The lowest BCUT2D eigenvalue weighted by Gasteiger charge is -2.24. The van der Waals surface area contributed by atoms with E-state index in [2.05, 4.69) is 46.0 Å². The number of nitrogens with two attached hydrogens (primary N) is 1. The number of aromatic hydroxyl groups is 1. The van der Waals surface area contributed by atoms with Crippen LogP contribution in [0.15, 0.2) is 188 Å². The number of halogens is 1. The van der Waals surface area contributed by atoms with Gasteiger partial charge < -0.3 is 15.9 Å². The summed E-state index contributed by atoms with van der Waals surface area (Å²) in [7, 11) is -38.5. The molecule has 0 bridgehead atoms. The number of fused-ring (bicyclic) bond motifs is 2. The van der Waals surface area contributed by atoms with Crippen molar-refractivity contribution in [2.24, 2.45) is 46.6 Å². The first-order chi connectivity index (χ1) is 41.3. The highest BCUT2D eigenvalue weighted by Crippen LogP contribution is 2.47. The maximum atomic E-state index is 14.1. The molecule has 0 amide bonds. The highest BCUT2D eigenvalue weighted by molar-refractivity contribution is 7.93. The van der Waals surface area contributed by atoms with Gasteiger partial charge in [-0.25, -0.2) is 13.7 Å². The predicted octanol–water partition coefficient (Wildman–Crippen LogP) is 5.34. The number of carbonyl (C=O) groups is 2. The van der Waals surface area contributed by atoms with Crippen molar-refractivity contribution in [3.63, 3.8) is 0 Å². The topological polar surface area (TPSA) is 664 Å². The average molecular weight is 1410 g/mol. The SMILES string of the molecule is NC1=C2C(=O)C(N=Nc3ccc([N+](=O)[O-])cc3S(=O)(=O)O)=C(S(=O)(=O)O)C=C2C(=S(=O)(O)O)C=C1N=Nc1ccc2c(O)c(N=Nc3cc(Cl)c(N=Nc4c(C(=O)O)[nH]n(-c5ccc(S(=O)(=O)O)cc5)c4=O)c(S(=O)(=O)O)c3)c(S(=O)(=O)O)cc2c1S(=O)(=O)O. The van der Waals surface area contributed by atoms with Crippen molar-refractivity contribution in [1.82, 2.24) is 9.78 Å². The minimum atomic E-state index is -5.82. The van der Waals surface area contributed by atoms with Crippen molar-refractivity contribution in [1.29, 1.82) is 0 Å². The Balaban J connectivity index is 1.21. The number of hydrogen-bond donors (Lipinski definition) is 12.